The monoisotopic (exact) mass is 210 g/mol. The van der Waals surface area contributed by atoms with Gasteiger partial charge in [0.25, 0.3) is 0 Å². The van der Waals surface area contributed by atoms with Crippen molar-refractivity contribution in [2.45, 2.75) is 12.3 Å². The lowest BCUT2D eigenvalue weighted by atomic mass is 10.3. The van der Waals surface area contributed by atoms with Crippen molar-refractivity contribution in [1.82, 2.24) is 5.43 Å². The van der Waals surface area contributed by atoms with Gasteiger partial charge in [0.2, 0.25) is 0 Å². The Hall–Kier alpha value is -0.740. The number of para-hydroxylation sites is 1. The highest BCUT2D eigenvalue weighted by molar-refractivity contribution is 8.23. The number of rotatable bonds is 1. The first kappa shape index (κ1) is 8.84. The van der Waals surface area contributed by atoms with Crippen molar-refractivity contribution in [2.75, 3.05) is 5.01 Å². The quantitative estimate of drug-likeness (QED) is 0.715. The van der Waals surface area contributed by atoms with Gasteiger partial charge in [-0.25, -0.2) is 0 Å². The molecule has 1 saturated heterocycles. The number of hydrogen-bond donors (Lipinski definition) is 1. The summed E-state index contributed by atoms with van der Waals surface area (Å²) in [5.74, 6) is 0. The summed E-state index contributed by atoms with van der Waals surface area (Å²) >= 11 is 6.75. The lowest BCUT2D eigenvalue weighted by Gasteiger charge is -2.21. The fraction of sp³-hybridized carbons (Fsp3) is 0.222. The Bertz CT molecular complexity index is 313. The maximum Gasteiger partial charge on any atom is 0.154 e. The van der Waals surface area contributed by atoms with E-state index in [-0.39, 0.29) is 0 Å². The molecular formula is C9H10N2S2. The highest BCUT2D eigenvalue weighted by Crippen LogP contribution is 2.27. The Labute approximate surface area is 87.3 Å². The molecule has 1 N–H and O–H groups in total. The van der Waals surface area contributed by atoms with Gasteiger partial charge in [0.05, 0.1) is 11.1 Å². The molecule has 1 heterocycles. The van der Waals surface area contributed by atoms with Crippen LogP contribution < -0.4 is 10.4 Å². The molecule has 68 valence electrons. The Morgan fingerprint density at radius 1 is 1.38 bits per heavy atom. The number of hydrazine groups is 1. The Balaban J connectivity index is 2.23. The molecule has 1 aliphatic heterocycles. The van der Waals surface area contributed by atoms with E-state index in [1.165, 1.54) is 0 Å². The molecule has 0 amide bonds. The van der Waals surface area contributed by atoms with E-state index in [9.17, 15) is 0 Å². The minimum atomic E-state index is 0.370. The van der Waals surface area contributed by atoms with Gasteiger partial charge in [0.1, 0.15) is 0 Å². The molecule has 1 atom stereocenters. The molecule has 0 unspecified atom stereocenters. The van der Waals surface area contributed by atoms with Crippen molar-refractivity contribution in [3.63, 3.8) is 0 Å². The largest absolute Gasteiger partial charge is 0.281 e. The van der Waals surface area contributed by atoms with Crippen LogP contribution in [-0.2, 0) is 0 Å². The van der Waals surface area contributed by atoms with Crippen LogP contribution >= 0.6 is 24.0 Å². The zero-order valence-electron chi connectivity index (χ0n) is 7.23. The second kappa shape index (κ2) is 3.55. The van der Waals surface area contributed by atoms with Crippen LogP contribution in [0.4, 0.5) is 5.69 Å². The van der Waals surface area contributed by atoms with Gasteiger partial charge < -0.3 is 0 Å². The number of benzene rings is 1. The molecule has 0 aliphatic carbocycles. The first-order valence-corrected chi connectivity index (χ1v) is 5.38. The average molecular weight is 210 g/mol. The normalized spacial score (nSPS) is 21.8. The van der Waals surface area contributed by atoms with Crippen molar-refractivity contribution in [2.24, 2.45) is 0 Å². The summed E-state index contributed by atoms with van der Waals surface area (Å²) in [4.78, 5) is 0. The molecule has 2 rings (SSSR count). The van der Waals surface area contributed by atoms with Gasteiger partial charge in [-0.15, -0.1) is 0 Å². The van der Waals surface area contributed by atoms with Crippen LogP contribution in [0.2, 0.25) is 0 Å². The first-order chi connectivity index (χ1) is 6.27. The minimum Gasteiger partial charge on any atom is -0.281 e. The minimum absolute atomic E-state index is 0.370. The summed E-state index contributed by atoms with van der Waals surface area (Å²) in [6, 6.07) is 10.2. The zero-order valence-corrected chi connectivity index (χ0v) is 8.86. The van der Waals surface area contributed by atoms with Crippen molar-refractivity contribution in [1.29, 1.82) is 0 Å². The van der Waals surface area contributed by atoms with E-state index in [0.29, 0.717) is 5.37 Å². The molecule has 0 saturated carbocycles. The fourth-order valence-corrected chi connectivity index (χ4v) is 2.54. The summed E-state index contributed by atoms with van der Waals surface area (Å²) in [7, 11) is 0. The summed E-state index contributed by atoms with van der Waals surface area (Å²) < 4.78 is 0.844. The van der Waals surface area contributed by atoms with Crippen LogP contribution in [0.15, 0.2) is 30.3 Å². The van der Waals surface area contributed by atoms with E-state index in [1.807, 2.05) is 18.2 Å². The van der Waals surface area contributed by atoms with Crippen LogP contribution in [0.5, 0.6) is 0 Å². The van der Waals surface area contributed by atoms with Gasteiger partial charge in [0, 0.05) is 0 Å². The number of nitrogens with one attached hydrogen (secondary N) is 1. The Morgan fingerprint density at radius 3 is 2.62 bits per heavy atom. The smallest absolute Gasteiger partial charge is 0.154 e. The summed E-state index contributed by atoms with van der Waals surface area (Å²) in [6.07, 6.45) is 0. The van der Waals surface area contributed by atoms with Crippen molar-refractivity contribution in [3.8, 4) is 0 Å². The number of thiocarbonyl (C=S) groups is 1. The third kappa shape index (κ3) is 1.78. The van der Waals surface area contributed by atoms with Gasteiger partial charge in [-0.05, 0) is 19.1 Å². The van der Waals surface area contributed by atoms with E-state index in [4.69, 9.17) is 12.2 Å². The maximum absolute atomic E-state index is 5.08. The lowest BCUT2D eigenvalue weighted by molar-refractivity contribution is 0.789. The Morgan fingerprint density at radius 2 is 2.08 bits per heavy atom. The molecule has 0 spiro atoms. The van der Waals surface area contributed by atoms with Crippen LogP contribution in [0.25, 0.3) is 0 Å². The van der Waals surface area contributed by atoms with Gasteiger partial charge >= 0.3 is 0 Å². The maximum atomic E-state index is 5.08. The number of hydrogen-bond acceptors (Lipinski definition) is 3. The standard InChI is InChI=1S/C9H10N2S2/c1-7-11(10-9(12)13-7)8-5-3-2-4-6-8/h2-7H,1H3,(H,10,12)/t7-/m1/s1. The molecule has 0 radical (unpaired) electrons. The van der Waals surface area contributed by atoms with Gasteiger partial charge in [-0.1, -0.05) is 42.2 Å². The van der Waals surface area contributed by atoms with E-state index in [2.05, 4.69) is 29.5 Å². The number of nitrogens with zero attached hydrogens (tertiary/aromatic N) is 1. The highest BCUT2D eigenvalue weighted by atomic mass is 32.2. The van der Waals surface area contributed by atoms with Crippen LogP contribution in [-0.4, -0.2) is 9.69 Å². The summed E-state index contributed by atoms with van der Waals surface area (Å²) in [5.41, 5.74) is 4.30. The average Bonchev–Trinajstić information content (AvgIpc) is 2.47. The van der Waals surface area contributed by atoms with Crippen LogP contribution in [0.3, 0.4) is 0 Å². The van der Waals surface area contributed by atoms with Gasteiger partial charge in [-0.3, -0.25) is 10.4 Å². The second-order valence-corrected chi connectivity index (χ2v) is 4.81. The second-order valence-electron chi connectivity index (χ2n) is 2.82. The summed E-state index contributed by atoms with van der Waals surface area (Å²) in [5, 5.41) is 2.45. The first-order valence-electron chi connectivity index (χ1n) is 4.09. The lowest BCUT2D eigenvalue weighted by Crippen LogP contribution is -2.36. The van der Waals surface area contributed by atoms with Crippen molar-refractivity contribution < 1.29 is 0 Å². The summed E-state index contributed by atoms with van der Waals surface area (Å²) in [6.45, 7) is 2.13. The molecule has 1 fully saturated rings. The molecule has 1 aromatic carbocycles. The predicted octanol–water partition coefficient (Wildman–Crippen LogP) is 2.38. The van der Waals surface area contributed by atoms with Crippen molar-refractivity contribution >= 4 is 34.0 Å². The van der Waals surface area contributed by atoms with E-state index in [1.54, 1.807) is 11.8 Å². The zero-order chi connectivity index (χ0) is 9.26. The van der Waals surface area contributed by atoms with Crippen LogP contribution in [0, 0.1) is 0 Å². The molecule has 13 heavy (non-hydrogen) atoms. The molecule has 4 heteroatoms. The van der Waals surface area contributed by atoms with E-state index >= 15 is 0 Å². The third-order valence-electron chi connectivity index (χ3n) is 1.89. The predicted molar refractivity (Wildman–Crippen MR) is 61.7 cm³/mol. The van der Waals surface area contributed by atoms with Gasteiger partial charge in [-0.2, -0.15) is 0 Å². The molecule has 1 aliphatic rings. The van der Waals surface area contributed by atoms with E-state index in [0.717, 1.165) is 10.0 Å². The molecule has 0 aromatic heterocycles. The molecule has 2 nitrogen and oxygen atoms in total. The third-order valence-corrected chi connectivity index (χ3v) is 3.12. The fourth-order valence-electron chi connectivity index (χ4n) is 1.29. The van der Waals surface area contributed by atoms with Crippen molar-refractivity contribution in [3.05, 3.63) is 30.3 Å². The molecule has 1 aromatic rings. The van der Waals surface area contributed by atoms with E-state index < -0.39 is 0 Å². The highest BCUT2D eigenvalue weighted by Gasteiger charge is 2.24. The topological polar surface area (TPSA) is 15.3 Å². The molecular weight excluding hydrogens is 200 g/mol. The number of thioether (sulfide) groups is 1. The Kier molecular flexibility index (Phi) is 2.42. The SMILES string of the molecule is C[C@H]1SC(=S)NN1c1ccccc1. The van der Waals surface area contributed by atoms with Gasteiger partial charge in [0.15, 0.2) is 4.32 Å². The molecule has 0 bridgehead atoms. The number of anilines is 1. The van der Waals surface area contributed by atoms with Crippen LogP contribution in [0.1, 0.15) is 6.92 Å².